The molecule has 1 aromatic carbocycles. The zero-order valence-electron chi connectivity index (χ0n) is 14.5. The molecule has 0 spiro atoms. The van der Waals surface area contributed by atoms with Crippen LogP contribution in [-0.2, 0) is 31.2 Å². The third kappa shape index (κ3) is 2.73. The van der Waals surface area contributed by atoms with Gasteiger partial charge in [0.15, 0.2) is 0 Å². The highest BCUT2D eigenvalue weighted by atomic mass is 16.2. The molecule has 1 aliphatic heterocycles. The van der Waals surface area contributed by atoms with E-state index >= 15 is 0 Å². The minimum atomic E-state index is -0.419. The van der Waals surface area contributed by atoms with Gasteiger partial charge in [0.1, 0.15) is 5.69 Å². The number of nitrogens with two attached hydrogens (primary N) is 1. The summed E-state index contributed by atoms with van der Waals surface area (Å²) in [6.07, 6.45) is 3.47. The Hall–Kier alpha value is -2.56. The molecule has 5 nitrogen and oxygen atoms in total. The number of amides is 2. The second-order valence-electron chi connectivity index (χ2n) is 7.13. The highest BCUT2D eigenvalue weighted by Gasteiger charge is 2.29. The molecule has 0 saturated carbocycles. The summed E-state index contributed by atoms with van der Waals surface area (Å²) >= 11 is 0. The zero-order chi connectivity index (χ0) is 17.6. The third-order valence-electron chi connectivity index (χ3n) is 5.72. The number of carbonyl (C=O) groups is 2. The van der Waals surface area contributed by atoms with Gasteiger partial charge in [0.25, 0.3) is 5.91 Å². The number of fused-ring (bicyclic) bond motifs is 2. The largest absolute Gasteiger partial charge is 0.364 e. The van der Waals surface area contributed by atoms with Crippen molar-refractivity contribution in [2.24, 2.45) is 12.8 Å². The van der Waals surface area contributed by atoms with Crippen LogP contribution in [0.1, 0.15) is 51.6 Å². The number of hydrogen-bond donors (Lipinski definition) is 1. The van der Waals surface area contributed by atoms with Gasteiger partial charge in [0.05, 0.1) is 6.54 Å². The second-order valence-corrected chi connectivity index (χ2v) is 7.13. The van der Waals surface area contributed by atoms with E-state index in [0.717, 1.165) is 30.5 Å². The molecule has 2 heterocycles. The highest BCUT2D eigenvalue weighted by molar-refractivity contribution is 5.91. The van der Waals surface area contributed by atoms with E-state index in [-0.39, 0.29) is 5.91 Å². The predicted octanol–water partition coefficient (Wildman–Crippen LogP) is 2.13. The average molecular weight is 337 g/mol. The summed E-state index contributed by atoms with van der Waals surface area (Å²) in [5.74, 6) is 0.117. The number of primary amides is 1. The van der Waals surface area contributed by atoms with Gasteiger partial charge in [-0.2, -0.15) is 0 Å². The normalized spacial score (nSPS) is 18.8. The molecule has 1 unspecified atom stereocenters. The fourth-order valence-corrected chi connectivity index (χ4v) is 4.29. The molecule has 1 aromatic heterocycles. The Morgan fingerprint density at radius 2 is 2.00 bits per heavy atom. The lowest BCUT2D eigenvalue weighted by Gasteiger charge is -2.29. The molecular formula is C20H23N3O2. The molecule has 2 aliphatic rings. The molecule has 25 heavy (non-hydrogen) atoms. The van der Waals surface area contributed by atoms with Crippen LogP contribution in [0.3, 0.4) is 0 Å². The Balaban J connectivity index is 1.49. The topological polar surface area (TPSA) is 68.3 Å². The summed E-state index contributed by atoms with van der Waals surface area (Å²) in [5.41, 5.74) is 10.8. The van der Waals surface area contributed by atoms with Crippen LogP contribution in [-0.4, -0.2) is 27.8 Å². The highest BCUT2D eigenvalue weighted by Crippen LogP contribution is 2.36. The molecule has 1 atom stereocenters. The minimum Gasteiger partial charge on any atom is -0.364 e. The molecule has 0 radical (unpaired) electrons. The summed E-state index contributed by atoms with van der Waals surface area (Å²) < 4.78 is 1.84. The second kappa shape index (κ2) is 6.06. The maximum atomic E-state index is 12.9. The van der Waals surface area contributed by atoms with Crippen molar-refractivity contribution in [2.45, 2.75) is 38.1 Å². The van der Waals surface area contributed by atoms with Crippen molar-refractivity contribution >= 4 is 11.8 Å². The van der Waals surface area contributed by atoms with Crippen molar-refractivity contribution < 1.29 is 9.59 Å². The van der Waals surface area contributed by atoms with Crippen LogP contribution >= 0.6 is 0 Å². The van der Waals surface area contributed by atoms with Gasteiger partial charge in [-0.3, -0.25) is 9.59 Å². The Morgan fingerprint density at radius 3 is 2.80 bits per heavy atom. The summed E-state index contributed by atoms with van der Waals surface area (Å²) in [6, 6.07) is 10.3. The molecular weight excluding hydrogens is 314 g/mol. The Bertz CT molecular complexity index is 853. The first-order chi connectivity index (χ1) is 12.0. The number of hydrogen-bond acceptors (Lipinski definition) is 2. The number of carbonyl (C=O) groups excluding carboxylic acids is 2. The van der Waals surface area contributed by atoms with Gasteiger partial charge in [-0.1, -0.05) is 24.3 Å². The van der Waals surface area contributed by atoms with Gasteiger partial charge in [-0.25, -0.2) is 0 Å². The van der Waals surface area contributed by atoms with Crippen LogP contribution in [0, 0.1) is 0 Å². The van der Waals surface area contributed by atoms with E-state index in [1.54, 1.807) is 0 Å². The standard InChI is InChI=1S/C20H23N3O2/c1-22-17(20(21)25)10-15-8-9-23(12-18(15)22)19(24)11-14-7-6-13-4-2-3-5-16(13)14/h2-5,10,14H,6-9,11-12H2,1H3,(H2,21,25). The number of aryl methyl sites for hydroxylation is 1. The average Bonchev–Trinajstić information content (AvgIpc) is 3.16. The number of aromatic nitrogens is 1. The van der Waals surface area contributed by atoms with E-state index in [4.69, 9.17) is 5.73 Å². The maximum Gasteiger partial charge on any atom is 0.265 e. The molecule has 2 N–H and O–H groups in total. The number of benzene rings is 1. The summed E-state index contributed by atoms with van der Waals surface area (Å²) in [6.45, 7) is 1.27. The number of nitrogens with zero attached hydrogens (tertiary/aromatic N) is 2. The van der Waals surface area contributed by atoms with E-state index in [0.29, 0.717) is 31.1 Å². The number of rotatable bonds is 3. The Labute approximate surface area is 147 Å². The van der Waals surface area contributed by atoms with Crippen LogP contribution in [0.5, 0.6) is 0 Å². The fourth-order valence-electron chi connectivity index (χ4n) is 4.29. The van der Waals surface area contributed by atoms with Gasteiger partial charge < -0.3 is 15.2 Å². The van der Waals surface area contributed by atoms with Crippen LogP contribution in [0.4, 0.5) is 0 Å². The van der Waals surface area contributed by atoms with Crippen LogP contribution in [0.2, 0.25) is 0 Å². The van der Waals surface area contributed by atoms with Gasteiger partial charge in [-0.05, 0) is 47.9 Å². The van der Waals surface area contributed by atoms with Crippen molar-refractivity contribution in [3.05, 3.63) is 58.4 Å². The monoisotopic (exact) mass is 337 g/mol. The van der Waals surface area contributed by atoms with E-state index in [2.05, 4.69) is 24.3 Å². The summed E-state index contributed by atoms with van der Waals surface area (Å²) in [5, 5.41) is 0. The van der Waals surface area contributed by atoms with E-state index < -0.39 is 5.91 Å². The lowest BCUT2D eigenvalue weighted by molar-refractivity contribution is -0.132. The lowest BCUT2D eigenvalue weighted by Crippen LogP contribution is -2.37. The molecule has 2 amide bonds. The van der Waals surface area contributed by atoms with Crippen molar-refractivity contribution in [1.29, 1.82) is 0 Å². The van der Waals surface area contributed by atoms with Gasteiger partial charge in [0.2, 0.25) is 5.91 Å². The summed E-state index contributed by atoms with van der Waals surface area (Å²) in [7, 11) is 1.85. The molecule has 4 rings (SSSR count). The first-order valence-corrected chi connectivity index (χ1v) is 8.87. The van der Waals surface area contributed by atoms with Gasteiger partial charge >= 0.3 is 0 Å². The van der Waals surface area contributed by atoms with E-state index in [1.807, 2.05) is 22.6 Å². The van der Waals surface area contributed by atoms with Gasteiger partial charge in [-0.15, -0.1) is 0 Å². The third-order valence-corrected chi connectivity index (χ3v) is 5.72. The van der Waals surface area contributed by atoms with Crippen LogP contribution < -0.4 is 5.73 Å². The molecule has 0 bridgehead atoms. The van der Waals surface area contributed by atoms with Crippen LogP contribution in [0.15, 0.2) is 30.3 Å². The molecule has 2 aromatic rings. The minimum absolute atomic E-state index is 0.203. The Morgan fingerprint density at radius 1 is 1.20 bits per heavy atom. The molecule has 5 heteroatoms. The maximum absolute atomic E-state index is 12.9. The first kappa shape index (κ1) is 15.9. The van der Waals surface area contributed by atoms with Crippen molar-refractivity contribution in [1.82, 2.24) is 9.47 Å². The quantitative estimate of drug-likeness (QED) is 0.932. The molecule has 130 valence electrons. The van der Waals surface area contributed by atoms with Crippen molar-refractivity contribution in [3.8, 4) is 0 Å². The van der Waals surface area contributed by atoms with E-state index in [1.165, 1.54) is 11.1 Å². The van der Waals surface area contributed by atoms with Crippen molar-refractivity contribution in [3.63, 3.8) is 0 Å². The zero-order valence-corrected chi connectivity index (χ0v) is 14.5. The van der Waals surface area contributed by atoms with E-state index in [9.17, 15) is 9.59 Å². The molecule has 0 saturated heterocycles. The van der Waals surface area contributed by atoms with Crippen molar-refractivity contribution in [2.75, 3.05) is 6.54 Å². The van der Waals surface area contributed by atoms with Crippen LogP contribution in [0.25, 0.3) is 0 Å². The van der Waals surface area contributed by atoms with Gasteiger partial charge in [0, 0.05) is 25.7 Å². The predicted molar refractivity (Wildman–Crippen MR) is 95.2 cm³/mol. The summed E-state index contributed by atoms with van der Waals surface area (Å²) in [4.78, 5) is 26.3. The molecule has 1 aliphatic carbocycles. The molecule has 0 fully saturated rings. The SMILES string of the molecule is Cn1c(C(N)=O)cc2c1CN(C(=O)CC1CCc3ccccc31)CC2. The fraction of sp³-hybridized carbons (Fsp3) is 0.400. The smallest absolute Gasteiger partial charge is 0.265 e. The lowest BCUT2D eigenvalue weighted by atomic mass is 9.96. The first-order valence-electron chi connectivity index (χ1n) is 8.87. The Kier molecular flexibility index (Phi) is 3.86.